The summed E-state index contributed by atoms with van der Waals surface area (Å²) in [5, 5.41) is 1.16. The summed E-state index contributed by atoms with van der Waals surface area (Å²) in [6, 6.07) is 0. The predicted molar refractivity (Wildman–Crippen MR) is 164 cm³/mol. The van der Waals surface area contributed by atoms with Gasteiger partial charge in [0.2, 0.25) is 0 Å². The van der Waals surface area contributed by atoms with Gasteiger partial charge in [-0.15, -0.1) is 0 Å². The highest BCUT2D eigenvalue weighted by molar-refractivity contribution is 8.77. The van der Waals surface area contributed by atoms with E-state index in [9.17, 15) is 9.59 Å². The Hall–Kier alpha value is 0.180. The Labute approximate surface area is 245 Å². The van der Waals surface area contributed by atoms with Gasteiger partial charge in [-0.05, 0) is 51.9 Å². The minimum absolute atomic E-state index is 0.194. The molecule has 0 radical (unpaired) electrons. The minimum atomic E-state index is 0.194. The van der Waals surface area contributed by atoms with E-state index in [0.717, 1.165) is 24.6 Å². The van der Waals surface area contributed by atoms with Crippen LogP contribution in [0, 0.1) is 0 Å². The molecule has 4 heterocycles. The first-order chi connectivity index (χ1) is 18.7. The molecule has 38 heavy (non-hydrogen) atoms. The smallest absolute Gasteiger partial charge is 0.281 e. The minimum Gasteiger partial charge on any atom is -0.378 e. The van der Waals surface area contributed by atoms with Crippen LogP contribution in [0.4, 0.5) is 9.59 Å². The Morgan fingerprint density at radius 3 is 1.29 bits per heavy atom. The van der Waals surface area contributed by atoms with Gasteiger partial charge in [-0.2, -0.15) is 0 Å². The highest BCUT2D eigenvalue weighted by atomic mass is 33.1. The summed E-state index contributed by atoms with van der Waals surface area (Å²) in [4.78, 5) is 34.8. The number of carbonyl (C=O) groups excluding carboxylic acids is 2. The van der Waals surface area contributed by atoms with Crippen LogP contribution in [0.25, 0.3) is 0 Å². The molecule has 4 fully saturated rings. The third-order valence-electron chi connectivity index (χ3n) is 7.47. The van der Waals surface area contributed by atoms with Crippen molar-refractivity contribution < 1.29 is 19.1 Å². The fourth-order valence-electron chi connectivity index (χ4n) is 5.24. The highest BCUT2D eigenvalue weighted by Crippen LogP contribution is 2.36. The first-order valence-corrected chi connectivity index (χ1v) is 18.7. The van der Waals surface area contributed by atoms with Crippen LogP contribution >= 0.6 is 45.1 Å². The molecule has 0 N–H and O–H groups in total. The highest BCUT2D eigenvalue weighted by Gasteiger charge is 2.26. The molecule has 218 valence electrons. The van der Waals surface area contributed by atoms with Crippen LogP contribution in [0.1, 0.15) is 38.5 Å². The number of amides is 2. The van der Waals surface area contributed by atoms with Gasteiger partial charge in [-0.1, -0.05) is 58.0 Å². The molecule has 0 aliphatic carbocycles. The third-order valence-corrected chi connectivity index (χ3v) is 13.3. The van der Waals surface area contributed by atoms with Crippen molar-refractivity contribution >= 4 is 55.6 Å². The molecule has 8 nitrogen and oxygen atoms in total. The van der Waals surface area contributed by atoms with Crippen molar-refractivity contribution in [3.8, 4) is 0 Å². The lowest BCUT2D eigenvalue weighted by Crippen LogP contribution is -2.40. The molecule has 2 unspecified atom stereocenters. The standard InChI is InChI=1S/C26H46N4O4S4/c31-25(29-11-15-33-16-12-29)35-21-23(19-27-7-3-1-4-8-27)37-38-24(20-28-9-5-2-6-10-28)22-36-26(32)30-13-17-34-18-14-30/h23-24H,1-22H2. The van der Waals surface area contributed by atoms with Crippen LogP contribution in [0.5, 0.6) is 0 Å². The maximum absolute atomic E-state index is 12.9. The van der Waals surface area contributed by atoms with Crippen LogP contribution in [0.3, 0.4) is 0 Å². The molecule has 0 saturated carbocycles. The van der Waals surface area contributed by atoms with Crippen LogP contribution in [0.2, 0.25) is 0 Å². The normalized spacial score (nSPS) is 23.8. The lowest BCUT2D eigenvalue weighted by molar-refractivity contribution is 0.0593. The predicted octanol–water partition coefficient (Wildman–Crippen LogP) is 4.45. The van der Waals surface area contributed by atoms with Crippen LogP contribution in [-0.2, 0) is 9.47 Å². The average molecular weight is 607 g/mol. The Balaban J connectivity index is 1.31. The fraction of sp³-hybridized carbons (Fsp3) is 0.923. The molecule has 12 heteroatoms. The number of likely N-dealkylation sites (tertiary alicyclic amines) is 2. The van der Waals surface area contributed by atoms with Crippen molar-refractivity contribution in [2.45, 2.75) is 49.0 Å². The molecular formula is C26H46N4O4S4. The summed E-state index contributed by atoms with van der Waals surface area (Å²) in [6.07, 6.45) is 7.79. The van der Waals surface area contributed by atoms with Gasteiger partial charge in [0.05, 0.1) is 26.4 Å². The van der Waals surface area contributed by atoms with Gasteiger partial charge in [-0.25, -0.2) is 0 Å². The molecule has 0 aromatic heterocycles. The Morgan fingerprint density at radius 1 is 0.553 bits per heavy atom. The molecule has 0 bridgehead atoms. The van der Waals surface area contributed by atoms with Gasteiger partial charge in [0.15, 0.2) is 0 Å². The number of hydrogen-bond acceptors (Lipinski definition) is 10. The summed E-state index contributed by atoms with van der Waals surface area (Å²) in [5.74, 6) is 1.67. The number of ether oxygens (including phenoxy) is 2. The summed E-state index contributed by atoms with van der Waals surface area (Å²) < 4.78 is 10.9. The summed E-state index contributed by atoms with van der Waals surface area (Å²) in [5.41, 5.74) is 0. The van der Waals surface area contributed by atoms with Gasteiger partial charge in [0.1, 0.15) is 0 Å². The molecular weight excluding hydrogens is 561 g/mol. The number of hydrogen-bond donors (Lipinski definition) is 0. The summed E-state index contributed by atoms with van der Waals surface area (Å²) in [6.45, 7) is 12.2. The molecule has 0 aromatic carbocycles. The second kappa shape index (κ2) is 17.9. The Kier molecular flexibility index (Phi) is 14.6. The zero-order chi connectivity index (χ0) is 26.4. The molecule has 0 aromatic rings. The van der Waals surface area contributed by atoms with Crippen molar-refractivity contribution in [1.82, 2.24) is 19.6 Å². The zero-order valence-corrected chi connectivity index (χ0v) is 26.0. The molecule has 2 atom stereocenters. The van der Waals surface area contributed by atoms with Crippen molar-refractivity contribution in [2.75, 3.05) is 103 Å². The lowest BCUT2D eigenvalue weighted by atomic mass is 10.1. The van der Waals surface area contributed by atoms with E-state index < -0.39 is 0 Å². The van der Waals surface area contributed by atoms with Crippen LogP contribution in [0.15, 0.2) is 0 Å². The third kappa shape index (κ3) is 11.2. The van der Waals surface area contributed by atoms with Gasteiger partial charge in [0, 0.05) is 61.3 Å². The number of thioether (sulfide) groups is 2. The van der Waals surface area contributed by atoms with E-state index in [2.05, 4.69) is 9.80 Å². The number of carbonyl (C=O) groups is 2. The number of piperidine rings is 2. The first-order valence-electron chi connectivity index (χ1n) is 14.4. The van der Waals surface area contributed by atoms with Gasteiger partial charge >= 0.3 is 0 Å². The molecule has 0 spiro atoms. The molecule has 4 saturated heterocycles. The van der Waals surface area contributed by atoms with E-state index in [-0.39, 0.29) is 10.5 Å². The largest absolute Gasteiger partial charge is 0.378 e. The van der Waals surface area contributed by atoms with Gasteiger partial charge < -0.3 is 29.1 Å². The van der Waals surface area contributed by atoms with Gasteiger partial charge in [-0.3, -0.25) is 9.59 Å². The maximum Gasteiger partial charge on any atom is 0.281 e. The molecule has 4 rings (SSSR count). The van der Waals surface area contributed by atoms with E-state index in [1.165, 1.54) is 88.2 Å². The van der Waals surface area contributed by atoms with Crippen molar-refractivity contribution in [3.63, 3.8) is 0 Å². The molecule has 4 aliphatic heterocycles. The van der Waals surface area contributed by atoms with Crippen LogP contribution in [-0.4, -0.2) is 144 Å². The van der Waals surface area contributed by atoms with E-state index >= 15 is 0 Å². The number of rotatable bonds is 11. The second-order valence-corrected chi connectivity index (χ2v) is 15.3. The fourth-order valence-corrected chi connectivity index (χ4v) is 10.9. The Bertz CT molecular complexity index is 643. The van der Waals surface area contributed by atoms with Crippen LogP contribution < -0.4 is 0 Å². The summed E-state index contributed by atoms with van der Waals surface area (Å²) in [7, 11) is 3.92. The number of morpholine rings is 2. The van der Waals surface area contributed by atoms with E-state index in [0.29, 0.717) is 63.1 Å². The Morgan fingerprint density at radius 2 is 0.921 bits per heavy atom. The average Bonchev–Trinajstić information content (AvgIpc) is 2.98. The van der Waals surface area contributed by atoms with Crippen molar-refractivity contribution in [2.24, 2.45) is 0 Å². The van der Waals surface area contributed by atoms with E-state index in [1.54, 1.807) is 0 Å². The molecule has 2 amide bonds. The van der Waals surface area contributed by atoms with Crippen molar-refractivity contribution in [3.05, 3.63) is 0 Å². The maximum atomic E-state index is 12.9. The second-order valence-electron chi connectivity index (χ2n) is 10.5. The number of nitrogens with zero attached hydrogens (tertiary/aromatic N) is 4. The van der Waals surface area contributed by atoms with Gasteiger partial charge in [0.25, 0.3) is 10.5 Å². The SMILES string of the molecule is O=C(SCC(CN1CCCCC1)SSC(CSC(=O)N1CCOCC1)CN1CCCCC1)N1CCOCC1. The monoisotopic (exact) mass is 606 g/mol. The lowest BCUT2D eigenvalue weighted by Gasteiger charge is -2.33. The topological polar surface area (TPSA) is 65.6 Å². The molecule has 4 aliphatic rings. The first kappa shape index (κ1) is 31.1. The zero-order valence-electron chi connectivity index (χ0n) is 22.8. The van der Waals surface area contributed by atoms with E-state index in [4.69, 9.17) is 9.47 Å². The van der Waals surface area contributed by atoms with Crippen molar-refractivity contribution in [1.29, 1.82) is 0 Å². The van der Waals surface area contributed by atoms with E-state index in [1.807, 2.05) is 31.4 Å². The quantitative estimate of drug-likeness (QED) is 0.315. The summed E-state index contributed by atoms with van der Waals surface area (Å²) >= 11 is 2.97.